The molecule has 1 N–H and O–H groups in total. The lowest BCUT2D eigenvalue weighted by atomic mass is 9.94. The summed E-state index contributed by atoms with van der Waals surface area (Å²) in [6.07, 6.45) is 3.17. The van der Waals surface area contributed by atoms with Crippen LogP contribution in [-0.4, -0.2) is 45.3 Å². The summed E-state index contributed by atoms with van der Waals surface area (Å²) in [6.45, 7) is 1.44. The minimum absolute atomic E-state index is 0.108. The predicted molar refractivity (Wildman–Crippen MR) is 110 cm³/mol. The fourth-order valence-corrected chi connectivity index (χ4v) is 3.57. The Kier molecular flexibility index (Phi) is 6.63. The molecule has 0 radical (unpaired) electrons. The number of amides is 2. The lowest BCUT2D eigenvalue weighted by Crippen LogP contribution is -2.37. The van der Waals surface area contributed by atoms with Crippen molar-refractivity contribution in [2.45, 2.75) is 25.2 Å². The number of likely N-dealkylation sites (tertiary alicyclic amines) is 1. The van der Waals surface area contributed by atoms with Crippen LogP contribution in [0.1, 0.15) is 30.7 Å². The Morgan fingerprint density at radius 3 is 2.36 bits per heavy atom. The zero-order valence-corrected chi connectivity index (χ0v) is 16.7. The van der Waals surface area contributed by atoms with Gasteiger partial charge in [0.05, 0.1) is 27.0 Å². The number of carbonyl (C=O) groups excluding carboxylic acids is 1. The van der Waals surface area contributed by atoms with Gasteiger partial charge in [0.15, 0.2) is 0 Å². The molecular weight excluding hydrogens is 356 g/mol. The van der Waals surface area contributed by atoms with Crippen LogP contribution in [0.2, 0.25) is 0 Å². The number of anilines is 1. The summed E-state index contributed by atoms with van der Waals surface area (Å²) in [6, 6.07) is 13.4. The third-order valence-electron chi connectivity index (χ3n) is 5.20. The smallest absolute Gasteiger partial charge is 0.321 e. The van der Waals surface area contributed by atoms with Crippen molar-refractivity contribution in [3.05, 3.63) is 48.0 Å². The highest BCUT2D eigenvalue weighted by molar-refractivity contribution is 5.91. The monoisotopic (exact) mass is 384 g/mol. The van der Waals surface area contributed by atoms with Crippen LogP contribution in [0.5, 0.6) is 17.2 Å². The van der Waals surface area contributed by atoms with E-state index in [1.165, 1.54) is 5.56 Å². The molecule has 2 aromatic rings. The molecule has 3 rings (SSSR count). The number of benzene rings is 2. The van der Waals surface area contributed by atoms with Crippen molar-refractivity contribution in [3.63, 3.8) is 0 Å². The van der Waals surface area contributed by atoms with Gasteiger partial charge in [-0.1, -0.05) is 18.6 Å². The first-order chi connectivity index (χ1) is 13.6. The Labute approximate surface area is 166 Å². The summed E-state index contributed by atoms with van der Waals surface area (Å²) in [4.78, 5) is 14.8. The highest BCUT2D eigenvalue weighted by Gasteiger charge is 2.24. The molecule has 2 aromatic carbocycles. The van der Waals surface area contributed by atoms with E-state index < -0.39 is 0 Å². The second-order valence-corrected chi connectivity index (χ2v) is 6.91. The summed E-state index contributed by atoms with van der Waals surface area (Å²) in [5, 5.41) is 2.99. The van der Waals surface area contributed by atoms with Crippen LogP contribution < -0.4 is 19.5 Å². The molecule has 1 unspecified atom stereocenters. The number of nitrogens with one attached hydrogen (secondary N) is 1. The van der Waals surface area contributed by atoms with Crippen molar-refractivity contribution in [3.8, 4) is 17.2 Å². The maximum absolute atomic E-state index is 12.9. The molecule has 1 atom stereocenters. The molecule has 0 spiro atoms. The second kappa shape index (κ2) is 9.35. The first-order valence-corrected chi connectivity index (χ1v) is 9.56. The Hall–Kier alpha value is -2.89. The fraction of sp³-hybridized carbons (Fsp3) is 0.409. The minimum Gasteiger partial charge on any atom is -0.497 e. The van der Waals surface area contributed by atoms with Crippen LogP contribution in [0.4, 0.5) is 10.5 Å². The molecule has 6 nitrogen and oxygen atoms in total. The number of ether oxygens (including phenoxy) is 3. The van der Waals surface area contributed by atoms with Crippen molar-refractivity contribution in [2.24, 2.45) is 0 Å². The van der Waals surface area contributed by atoms with Crippen LogP contribution in [0.3, 0.4) is 0 Å². The molecule has 0 aromatic heterocycles. The first kappa shape index (κ1) is 19.9. The van der Waals surface area contributed by atoms with E-state index in [2.05, 4.69) is 17.4 Å². The Morgan fingerprint density at radius 2 is 1.68 bits per heavy atom. The van der Waals surface area contributed by atoms with Crippen molar-refractivity contribution in [1.82, 2.24) is 4.90 Å². The summed E-state index contributed by atoms with van der Waals surface area (Å²) in [5.74, 6) is 2.42. The Bertz CT molecular complexity index is 792. The van der Waals surface area contributed by atoms with E-state index in [9.17, 15) is 4.79 Å². The van der Waals surface area contributed by atoms with E-state index in [0.717, 1.165) is 31.6 Å². The van der Waals surface area contributed by atoms with Crippen molar-refractivity contribution in [2.75, 3.05) is 39.7 Å². The van der Waals surface area contributed by atoms with Gasteiger partial charge in [0, 0.05) is 25.1 Å². The number of hydrogen-bond acceptors (Lipinski definition) is 4. The summed E-state index contributed by atoms with van der Waals surface area (Å²) in [7, 11) is 4.85. The molecule has 0 bridgehead atoms. The van der Waals surface area contributed by atoms with Gasteiger partial charge in [0.2, 0.25) is 0 Å². The first-order valence-electron chi connectivity index (χ1n) is 9.56. The van der Waals surface area contributed by atoms with E-state index in [1.54, 1.807) is 39.5 Å². The normalized spacial score (nSPS) is 16.8. The molecular formula is C22H28N2O4. The van der Waals surface area contributed by atoms with E-state index in [4.69, 9.17) is 14.2 Å². The Morgan fingerprint density at radius 1 is 0.964 bits per heavy atom. The Balaban J connectivity index is 1.71. The maximum Gasteiger partial charge on any atom is 0.321 e. The van der Waals surface area contributed by atoms with Crippen molar-refractivity contribution < 1.29 is 19.0 Å². The summed E-state index contributed by atoms with van der Waals surface area (Å²) >= 11 is 0. The van der Waals surface area contributed by atoms with Gasteiger partial charge in [0.1, 0.15) is 17.2 Å². The molecule has 0 saturated carbocycles. The molecule has 1 saturated heterocycles. The van der Waals surface area contributed by atoms with Gasteiger partial charge in [-0.05, 0) is 42.7 Å². The molecule has 28 heavy (non-hydrogen) atoms. The van der Waals surface area contributed by atoms with E-state index in [0.29, 0.717) is 29.6 Å². The largest absolute Gasteiger partial charge is 0.497 e. The van der Waals surface area contributed by atoms with Crippen LogP contribution in [0, 0.1) is 0 Å². The molecule has 1 aliphatic heterocycles. The average Bonchev–Trinajstić information content (AvgIpc) is 3.00. The minimum atomic E-state index is -0.108. The average molecular weight is 384 g/mol. The highest BCUT2D eigenvalue weighted by Crippen LogP contribution is 2.31. The van der Waals surface area contributed by atoms with Crippen LogP contribution in [-0.2, 0) is 0 Å². The zero-order valence-electron chi connectivity index (χ0n) is 16.7. The van der Waals surface area contributed by atoms with E-state index in [1.807, 2.05) is 17.0 Å². The number of methoxy groups -OCH3 is 3. The van der Waals surface area contributed by atoms with E-state index >= 15 is 0 Å². The number of hydrogen-bond donors (Lipinski definition) is 1. The van der Waals surface area contributed by atoms with Gasteiger partial charge in [-0.25, -0.2) is 4.79 Å². The van der Waals surface area contributed by atoms with E-state index in [-0.39, 0.29) is 6.03 Å². The number of carbonyl (C=O) groups is 1. The van der Waals surface area contributed by atoms with Crippen molar-refractivity contribution >= 4 is 11.7 Å². The quantitative estimate of drug-likeness (QED) is 0.824. The van der Waals surface area contributed by atoms with Crippen LogP contribution in [0.15, 0.2) is 42.5 Å². The van der Waals surface area contributed by atoms with Crippen LogP contribution >= 0.6 is 0 Å². The maximum atomic E-state index is 12.9. The highest BCUT2D eigenvalue weighted by atomic mass is 16.5. The second-order valence-electron chi connectivity index (χ2n) is 6.91. The van der Waals surface area contributed by atoms with Gasteiger partial charge < -0.3 is 24.4 Å². The molecule has 6 heteroatoms. The van der Waals surface area contributed by atoms with Gasteiger partial charge in [0.25, 0.3) is 0 Å². The standard InChI is InChI=1S/C22H28N2O4/c1-26-18-9-7-16(8-10-18)17-6-4-5-13-24(15-17)22(25)23-20-12-11-19(27-2)14-21(20)28-3/h7-12,14,17H,4-6,13,15H2,1-3H3,(H,23,25). The molecule has 1 heterocycles. The molecule has 1 aliphatic rings. The summed E-state index contributed by atoms with van der Waals surface area (Å²) in [5.41, 5.74) is 1.88. The third-order valence-corrected chi connectivity index (χ3v) is 5.20. The fourth-order valence-electron chi connectivity index (χ4n) is 3.57. The lowest BCUT2D eigenvalue weighted by Gasteiger charge is -2.25. The predicted octanol–water partition coefficient (Wildman–Crippen LogP) is 4.51. The molecule has 1 fully saturated rings. The van der Waals surface area contributed by atoms with Gasteiger partial charge >= 0.3 is 6.03 Å². The molecule has 150 valence electrons. The number of urea groups is 1. The van der Waals surface area contributed by atoms with Crippen LogP contribution in [0.25, 0.3) is 0 Å². The zero-order chi connectivity index (χ0) is 19.9. The van der Waals surface area contributed by atoms with Crippen molar-refractivity contribution in [1.29, 1.82) is 0 Å². The SMILES string of the molecule is COc1ccc(C2CCCCN(C(=O)Nc3ccc(OC)cc3OC)C2)cc1. The number of rotatable bonds is 5. The third kappa shape index (κ3) is 4.68. The van der Waals surface area contributed by atoms with Gasteiger partial charge in [-0.15, -0.1) is 0 Å². The van der Waals surface area contributed by atoms with Gasteiger partial charge in [-0.3, -0.25) is 0 Å². The molecule has 0 aliphatic carbocycles. The molecule has 2 amide bonds. The topological polar surface area (TPSA) is 60.0 Å². The lowest BCUT2D eigenvalue weighted by molar-refractivity contribution is 0.211. The number of nitrogens with zero attached hydrogens (tertiary/aromatic N) is 1. The summed E-state index contributed by atoms with van der Waals surface area (Å²) < 4.78 is 15.9. The van der Waals surface area contributed by atoms with Gasteiger partial charge in [-0.2, -0.15) is 0 Å².